The molecule has 5 heteroatoms. The number of nitrogens with zero attached hydrogens (tertiary/aromatic N) is 1. The number of nitriles is 1. The van der Waals surface area contributed by atoms with E-state index in [4.69, 9.17) is 9.47 Å². The van der Waals surface area contributed by atoms with Crippen LogP contribution in [-0.4, -0.2) is 20.1 Å². The maximum atomic E-state index is 12.3. The first kappa shape index (κ1) is 17.1. The molecule has 0 saturated heterocycles. The SMILES string of the molecule is COc1ccc(C=C(C#N)C(=O)Nc2ccc(C)cc2)cc1OC. The summed E-state index contributed by atoms with van der Waals surface area (Å²) in [5.74, 6) is 0.649. The summed E-state index contributed by atoms with van der Waals surface area (Å²) in [6, 6.07) is 14.5. The first-order chi connectivity index (χ1) is 11.6. The molecule has 122 valence electrons. The Bertz CT molecular complexity index is 802. The summed E-state index contributed by atoms with van der Waals surface area (Å²) < 4.78 is 10.4. The molecule has 24 heavy (non-hydrogen) atoms. The first-order valence-corrected chi connectivity index (χ1v) is 7.29. The molecule has 2 rings (SSSR count). The summed E-state index contributed by atoms with van der Waals surface area (Å²) in [7, 11) is 3.07. The number of anilines is 1. The highest BCUT2D eigenvalue weighted by atomic mass is 16.5. The van der Waals surface area contributed by atoms with Gasteiger partial charge in [0.25, 0.3) is 5.91 Å². The molecule has 1 amide bonds. The van der Waals surface area contributed by atoms with Gasteiger partial charge >= 0.3 is 0 Å². The van der Waals surface area contributed by atoms with Crippen LogP contribution >= 0.6 is 0 Å². The van der Waals surface area contributed by atoms with Crippen molar-refractivity contribution in [1.29, 1.82) is 5.26 Å². The molecule has 0 aliphatic carbocycles. The van der Waals surface area contributed by atoms with Crippen LogP contribution in [0, 0.1) is 18.3 Å². The summed E-state index contributed by atoms with van der Waals surface area (Å²) >= 11 is 0. The molecule has 0 aromatic heterocycles. The number of amides is 1. The van der Waals surface area contributed by atoms with Gasteiger partial charge in [0.15, 0.2) is 11.5 Å². The molecule has 0 radical (unpaired) electrons. The van der Waals surface area contributed by atoms with E-state index in [1.807, 2.05) is 25.1 Å². The van der Waals surface area contributed by atoms with Crippen LogP contribution in [0.15, 0.2) is 48.0 Å². The zero-order chi connectivity index (χ0) is 17.5. The molecule has 0 aliphatic heterocycles. The van der Waals surface area contributed by atoms with Crippen LogP contribution in [0.1, 0.15) is 11.1 Å². The number of benzene rings is 2. The van der Waals surface area contributed by atoms with Gasteiger partial charge in [0.05, 0.1) is 14.2 Å². The second-order valence-electron chi connectivity index (χ2n) is 5.10. The van der Waals surface area contributed by atoms with Crippen LogP contribution in [0.3, 0.4) is 0 Å². The molecule has 2 aromatic rings. The van der Waals surface area contributed by atoms with Gasteiger partial charge in [-0.25, -0.2) is 0 Å². The minimum Gasteiger partial charge on any atom is -0.493 e. The Morgan fingerprint density at radius 2 is 1.75 bits per heavy atom. The van der Waals surface area contributed by atoms with E-state index in [-0.39, 0.29) is 5.57 Å². The van der Waals surface area contributed by atoms with Crippen molar-refractivity contribution in [2.24, 2.45) is 0 Å². The van der Waals surface area contributed by atoms with Crippen molar-refractivity contribution in [2.45, 2.75) is 6.92 Å². The van der Waals surface area contributed by atoms with Gasteiger partial charge < -0.3 is 14.8 Å². The lowest BCUT2D eigenvalue weighted by Gasteiger charge is -2.08. The van der Waals surface area contributed by atoms with Crippen molar-refractivity contribution in [3.63, 3.8) is 0 Å². The summed E-state index contributed by atoms with van der Waals surface area (Å²) in [6.07, 6.45) is 1.51. The second kappa shape index (κ2) is 7.84. The average Bonchev–Trinajstić information content (AvgIpc) is 2.61. The van der Waals surface area contributed by atoms with E-state index >= 15 is 0 Å². The highest BCUT2D eigenvalue weighted by Crippen LogP contribution is 2.28. The topological polar surface area (TPSA) is 71.3 Å². The van der Waals surface area contributed by atoms with Crippen LogP contribution < -0.4 is 14.8 Å². The van der Waals surface area contributed by atoms with E-state index < -0.39 is 5.91 Å². The predicted molar refractivity (Wildman–Crippen MR) is 92.9 cm³/mol. The van der Waals surface area contributed by atoms with Gasteiger partial charge in [-0.2, -0.15) is 5.26 Å². The number of ether oxygens (including phenoxy) is 2. The van der Waals surface area contributed by atoms with Gasteiger partial charge in [-0.1, -0.05) is 23.8 Å². The number of carbonyl (C=O) groups excluding carboxylic acids is 1. The third-order valence-corrected chi connectivity index (χ3v) is 3.39. The van der Waals surface area contributed by atoms with Crippen LogP contribution in [0.5, 0.6) is 11.5 Å². The lowest BCUT2D eigenvalue weighted by molar-refractivity contribution is -0.112. The third kappa shape index (κ3) is 4.14. The zero-order valence-electron chi connectivity index (χ0n) is 13.8. The van der Waals surface area contributed by atoms with Gasteiger partial charge in [0, 0.05) is 5.69 Å². The molecule has 0 heterocycles. The fraction of sp³-hybridized carbons (Fsp3) is 0.158. The summed E-state index contributed by atoms with van der Waals surface area (Å²) in [5, 5.41) is 12.0. The summed E-state index contributed by atoms with van der Waals surface area (Å²) in [6.45, 7) is 1.96. The highest BCUT2D eigenvalue weighted by Gasteiger charge is 2.11. The standard InChI is InChI=1S/C19H18N2O3/c1-13-4-7-16(8-5-13)21-19(22)15(12-20)10-14-6-9-17(23-2)18(11-14)24-3/h4-11H,1-3H3,(H,21,22). The molecular weight excluding hydrogens is 304 g/mol. The number of aryl methyl sites for hydroxylation is 1. The molecule has 0 fully saturated rings. The normalized spacial score (nSPS) is 10.7. The highest BCUT2D eigenvalue weighted by molar-refractivity contribution is 6.09. The maximum absolute atomic E-state index is 12.3. The van der Waals surface area contributed by atoms with E-state index in [2.05, 4.69) is 5.32 Å². The number of rotatable bonds is 5. The monoisotopic (exact) mass is 322 g/mol. The Hall–Kier alpha value is -3.26. The number of hydrogen-bond acceptors (Lipinski definition) is 4. The van der Waals surface area contributed by atoms with Crippen molar-refractivity contribution >= 4 is 17.7 Å². The van der Waals surface area contributed by atoms with Gasteiger partial charge in [0.2, 0.25) is 0 Å². The smallest absolute Gasteiger partial charge is 0.266 e. The van der Waals surface area contributed by atoms with E-state index in [1.165, 1.54) is 13.2 Å². The van der Waals surface area contributed by atoms with Crippen molar-refractivity contribution in [3.8, 4) is 17.6 Å². The van der Waals surface area contributed by atoms with Crippen molar-refractivity contribution in [2.75, 3.05) is 19.5 Å². The summed E-state index contributed by atoms with van der Waals surface area (Å²) in [5.41, 5.74) is 2.40. The lowest BCUT2D eigenvalue weighted by Crippen LogP contribution is -2.13. The van der Waals surface area contributed by atoms with Crippen LogP contribution in [0.25, 0.3) is 6.08 Å². The number of hydrogen-bond donors (Lipinski definition) is 1. The van der Waals surface area contributed by atoms with Crippen molar-refractivity contribution < 1.29 is 14.3 Å². The number of nitrogens with one attached hydrogen (secondary N) is 1. The minimum absolute atomic E-state index is 0.00259. The number of methoxy groups -OCH3 is 2. The fourth-order valence-electron chi connectivity index (χ4n) is 2.09. The Labute approximate surface area is 141 Å². The van der Waals surface area contributed by atoms with Gasteiger partial charge in [0.1, 0.15) is 11.6 Å². The predicted octanol–water partition coefficient (Wildman–Crippen LogP) is 3.56. The molecule has 0 saturated carbocycles. The van der Waals surface area contributed by atoms with Crippen molar-refractivity contribution in [1.82, 2.24) is 0 Å². The first-order valence-electron chi connectivity index (χ1n) is 7.29. The molecular formula is C19H18N2O3. The molecule has 0 aliphatic rings. The number of carbonyl (C=O) groups is 1. The molecule has 2 aromatic carbocycles. The molecule has 1 N–H and O–H groups in total. The van der Waals surface area contributed by atoms with E-state index in [0.29, 0.717) is 22.7 Å². The Balaban J connectivity index is 2.23. The Kier molecular flexibility index (Phi) is 5.58. The van der Waals surface area contributed by atoms with Crippen LogP contribution in [-0.2, 0) is 4.79 Å². The van der Waals surface area contributed by atoms with Gasteiger partial charge in [-0.05, 0) is 42.8 Å². The van der Waals surface area contributed by atoms with Crippen LogP contribution in [0.4, 0.5) is 5.69 Å². The third-order valence-electron chi connectivity index (χ3n) is 3.39. The zero-order valence-corrected chi connectivity index (χ0v) is 13.8. The quantitative estimate of drug-likeness (QED) is 0.675. The Morgan fingerprint density at radius 3 is 2.33 bits per heavy atom. The average molecular weight is 322 g/mol. The van der Waals surface area contributed by atoms with Gasteiger partial charge in [-0.3, -0.25) is 4.79 Å². The summed E-state index contributed by atoms with van der Waals surface area (Å²) in [4.78, 5) is 12.3. The van der Waals surface area contributed by atoms with E-state index in [9.17, 15) is 10.1 Å². The maximum Gasteiger partial charge on any atom is 0.266 e. The molecule has 0 spiro atoms. The lowest BCUT2D eigenvalue weighted by atomic mass is 10.1. The minimum atomic E-state index is -0.462. The molecule has 5 nitrogen and oxygen atoms in total. The molecule has 0 unspecified atom stereocenters. The largest absolute Gasteiger partial charge is 0.493 e. The van der Waals surface area contributed by atoms with E-state index in [0.717, 1.165) is 5.56 Å². The fourth-order valence-corrected chi connectivity index (χ4v) is 2.09. The van der Waals surface area contributed by atoms with Crippen LogP contribution in [0.2, 0.25) is 0 Å². The Morgan fingerprint density at radius 1 is 1.08 bits per heavy atom. The van der Waals surface area contributed by atoms with Crippen molar-refractivity contribution in [3.05, 3.63) is 59.2 Å². The van der Waals surface area contributed by atoms with E-state index in [1.54, 1.807) is 37.4 Å². The molecule has 0 atom stereocenters. The molecule has 0 bridgehead atoms. The second-order valence-corrected chi connectivity index (χ2v) is 5.10. The van der Waals surface area contributed by atoms with Gasteiger partial charge in [-0.15, -0.1) is 0 Å².